The molecule has 1 saturated heterocycles. The molecular weight excluding hydrogens is 277 g/mol. The van der Waals surface area contributed by atoms with Crippen LogP contribution in [0.5, 0.6) is 0 Å². The van der Waals surface area contributed by atoms with Crippen LogP contribution in [0.15, 0.2) is 6.07 Å². The van der Waals surface area contributed by atoms with Crippen molar-refractivity contribution in [3.05, 3.63) is 11.9 Å². The number of thioether (sulfide) groups is 1. The average molecular weight is 292 g/mol. The molecule has 1 aromatic heterocycles. The fraction of sp³-hybridized carbons (Fsp3) is 0.636. The zero-order valence-corrected chi connectivity index (χ0v) is 11.5. The molecular formula is C11H15F3N4S. The lowest BCUT2D eigenvalue weighted by molar-refractivity contribution is -0.144. The summed E-state index contributed by atoms with van der Waals surface area (Å²) in [5, 5.41) is 2.65. The molecule has 1 atom stereocenters. The van der Waals surface area contributed by atoms with Gasteiger partial charge < -0.3 is 10.2 Å². The van der Waals surface area contributed by atoms with Crippen molar-refractivity contribution in [3.63, 3.8) is 0 Å². The Bertz CT molecular complexity index is 452. The SMILES string of the molecule is CNc1cc(N2CCSCC2C)nc(C(F)(F)F)n1. The van der Waals surface area contributed by atoms with Gasteiger partial charge in [-0.15, -0.1) is 0 Å². The van der Waals surface area contributed by atoms with Gasteiger partial charge in [0.05, 0.1) is 0 Å². The summed E-state index contributed by atoms with van der Waals surface area (Å²) in [5.74, 6) is 1.20. The molecule has 4 nitrogen and oxygen atoms in total. The van der Waals surface area contributed by atoms with Gasteiger partial charge in [0.25, 0.3) is 0 Å². The zero-order chi connectivity index (χ0) is 14.0. The van der Waals surface area contributed by atoms with E-state index in [-0.39, 0.29) is 11.9 Å². The van der Waals surface area contributed by atoms with Gasteiger partial charge in [0.2, 0.25) is 5.82 Å². The van der Waals surface area contributed by atoms with Gasteiger partial charge in [-0.05, 0) is 6.92 Å². The molecule has 0 aromatic carbocycles. The van der Waals surface area contributed by atoms with Crippen LogP contribution in [0.2, 0.25) is 0 Å². The summed E-state index contributed by atoms with van der Waals surface area (Å²) in [7, 11) is 1.54. The van der Waals surface area contributed by atoms with Gasteiger partial charge in [-0.3, -0.25) is 0 Å². The number of halogens is 3. The maximum Gasteiger partial charge on any atom is 0.451 e. The third-order valence-corrected chi connectivity index (χ3v) is 4.07. The number of hydrogen-bond donors (Lipinski definition) is 1. The monoisotopic (exact) mass is 292 g/mol. The van der Waals surface area contributed by atoms with Crippen LogP contribution in [0.25, 0.3) is 0 Å². The second kappa shape index (κ2) is 5.44. The minimum absolute atomic E-state index is 0.166. The molecule has 0 aliphatic carbocycles. The normalized spacial score (nSPS) is 20.5. The van der Waals surface area contributed by atoms with Crippen molar-refractivity contribution >= 4 is 23.4 Å². The summed E-state index contributed by atoms with van der Waals surface area (Å²) in [6, 6.07) is 1.72. The second-order valence-electron chi connectivity index (χ2n) is 4.30. The van der Waals surface area contributed by atoms with E-state index in [1.807, 2.05) is 11.8 Å². The Balaban J connectivity index is 2.39. The lowest BCUT2D eigenvalue weighted by Crippen LogP contribution is -2.41. The lowest BCUT2D eigenvalue weighted by atomic mass is 10.3. The van der Waals surface area contributed by atoms with E-state index in [4.69, 9.17) is 0 Å². The van der Waals surface area contributed by atoms with Crippen molar-refractivity contribution in [1.82, 2.24) is 9.97 Å². The maximum absolute atomic E-state index is 12.8. The molecule has 1 aliphatic heterocycles. The van der Waals surface area contributed by atoms with E-state index in [0.29, 0.717) is 12.4 Å². The van der Waals surface area contributed by atoms with Gasteiger partial charge in [-0.25, -0.2) is 9.97 Å². The molecule has 1 fully saturated rings. The average Bonchev–Trinajstić information content (AvgIpc) is 2.37. The Hall–Kier alpha value is -1.18. The van der Waals surface area contributed by atoms with Crippen LogP contribution in [-0.2, 0) is 6.18 Å². The number of rotatable bonds is 2. The molecule has 1 N–H and O–H groups in total. The first-order chi connectivity index (χ1) is 8.91. The summed E-state index contributed by atoms with van der Waals surface area (Å²) in [6.45, 7) is 2.68. The molecule has 0 radical (unpaired) electrons. The number of nitrogens with zero attached hydrogens (tertiary/aromatic N) is 3. The van der Waals surface area contributed by atoms with Crippen LogP contribution >= 0.6 is 11.8 Å². The minimum Gasteiger partial charge on any atom is -0.373 e. The fourth-order valence-electron chi connectivity index (χ4n) is 1.90. The predicted octanol–water partition coefficient (Wildman–Crippen LogP) is 2.48. The van der Waals surface area contributed by atoms with Gasteiger partial charge in [-0.1, -0.05) is 0 Å². The Morgan fingerprint density at radius 1 is 1.42 bits per heavy atom. The highest BCUT2D eigenvalue weighted by Crippen LogP contribution is 2.30. The van der Waals surface area contributed by atoms with E-state index < -0.39 is 12.0 Å². The smallest absolute Gasteiger partial charge is 0.373 e. The fourth-order valence-corrected chi connectivity index (χ4v) is 2.92. The summed E-state index contributed by atoms with van der Waals surface area (Å²) < 4.78 is 38.3. The van der Waals surface area contributed by atoms with Crippen LogP contribution < -0.4 is 10.2 Å². The first kappa shape index (κ1) is 14.2. The molecule has 2 rings (SSSR count). The predicted molar refractivity (Wildman–Crippen MR) is 70.7 cm³/mol. The van der Waals surface area contributed by atoms with Crippen LogP contribution in [0, 0.1) is 0 Å². The molecule has 0 saturated carbocycles. The molecule has 1 aliphatic rings. The Morgan fingerprint density at radius 2 is 2.16 bits per heavy atom. The zero-order valence-electron chi connectivity index (χ0n) is 10.7. The standard InChI is InChI=1S/C11H15F3N4S/c1-7-6-19-4-3-18(7)9-5-8(15-2)16-10(17-9)11(12,13)14/h5,7H,3-4,6H2,1-2H3,(H,15,16,17). The van der Waals surface area contributed by atoms with Gasteiger partial charge >= 0.3 is 6.18 Å². The molecule has 106 valence electrons. The van der Waals surface area contributed by atoms with E-state index >= 15 is 0 Å². The number of hydrogen-bond acceptors (Lipinski definition) is 5. The largest absolute Gasteiger partial charge is 0.451 e. The molecule has 8 heteroatoms. The minimum atomic E-state index is -4.53. The highest BCUT2D eigenvalue weighted by atomic mass is 32.2. The van der Waals surface area contributed by atoms with Crippen LogP contribution in [0.1, 0.15) is 12.7 Å². The van der Waals surface area contributed by atoms with Gasteiger partial charge in [0, 0.05) is 37.2 Å². The van der Waals surface area contributed by atoms with Crippen molar-refractivity contribution in [2.45, 2.75) is 19.1 Å². The highest BCUT2D eigenvalue weighted by molar-refractivity contribution is 7.99. The quantitative estimate of drug-likeness (QED) is 0.907. The Labute approximate surface area is 113 Å². The van der Waals surface area contributed by atoms with Crippen molar-refractivity contribution in [2.75, 3.05) is 35.3 Å². The third-order valence-electron chi connectivity index (χ3n) is 2.88. The first-order valence-corrected chi connectivity index (χ1v) is 7.05. The number of aromatic nitrogens is 2. The van der Waals surface area contributed by atoms with Crippen molar-refractivity contribution < 1.29 is 13.2 Å². The maximum atomic E-state index is 12.8. The van der Waals surface area contributed by atoms with Crippen LogP contribution in [0.4, 0.5) is 24.8 Å². The summed E-state index contributed by atoms with van der Waals surface area (Å²) in [5.41, 5.74) is 0. The van der Waals surface area contributed by atoms with E-state index in [2.05, 4.69) is 15.3 Å². The van der Waals surface area contributed by atoms with E-state index in [9.17, 15) is 13.2 Å². The van der Waals surface area contributed by atoms with Gasteiger partial charge in [-0.2, -0.15) is 24.9 Å². The molecule has 1 aromatic rings. The van der Waals surface area contributed by atoms with Crippen LogP contribution in [-0.4, -0.2) is 41.1 Å². The van der Waals surface area contributed by atoms with E-state index in [0.717, 1.165) is 11.5 Å². The lowest BCUT2D eigenvalue weighted by Gasteiger charge is -2.34. The molecule has 1 unspecified atom stereocenters. The Morgan fingerprint density at radius 3 is 2.74 bits per heavy atom. The second-order valence-corrected chi connectivity index (χ2v) is 5.45. The molecule has 0 amide bonds. The molecule has 0 bridgehead atoms. The first-order valence-electron chi connectivity index (χ1n) is 5.90. The number of nitrogens with one attached hydrogen (secondary N) is 1. The van der Waals surface area contributed by atoms with Crippen molar-refractivity contribution in [1.29, 1.82) is 0 Å². The van der Waals surface area contributed by atoms with E-state index in [1.165, 1.54) is 0 Å². The highest BCUT2D eigenvalue weighted by Gasteiger charge is 2.36. The summed E-state index contributed by atoms with van der Waals surface area (Å²) in [4.78, 5) is 9.03. The van der Waals surface area contributed by atoms with E-state index in [1.54, 1.807) is 24.9 Å². The Kier molecular flexibility index (Phi) is 4.07. The summed E-state index contributed by atoms with van der Waals surface area (Å²) in [6.07, 6.45) is -4.53. The molecule has 2 heterocycles. The topological polar surface area (TPSA) is 41.0 Å². The molecule has 19 heavy (non-hydrogen) atoms. The van der Waals surface area contributed by atoms with Crippen LogP contribution in [0.3, 0.4) is 0 Å². The third kappa shape index (κ3) is 3.23. The number of anilines is 2. The van der Waals surface area contributed by atoms with Gasteiger partial charge in [0.15, 0.2) is 0 Å². The van der Waals surface area contributed by atoms with Crippen molar-refractivity contribution in [3.8, 4) is 0 Å². The van der Waals surface area contributed by atoms with Crippen molar-refractivity contribution in [2.24, 2.45) is 0 Å². The molecule has 0 spiro atoms. The number of alkyl halides is 3. The summed E-state index contributed by atoms with van der Waals surface area (Å²) >= 11 is 1.80. The van der Waals surface area contributed by atoms with Gasteiger partial charge in [0.1, 0.15) is 11.6 Å².